The number of piperazine rings is 1. The molecule has 0 amide bonds. The van der Waals surface area contributed by atoms with E-state index in [4.69, 9.17) is 4.74 Å². The molecule has 31 heavy (non-hydrogen) atoms. The van der Waals surface area contributed by atoms with Gasteiger partial charge in [0.15, 0.2) is 11.6 Å². The lowest BCUT2D eigenvalue weighted by Crippen LogP contribution is -2.47. The summed E-state index contributed by atoms with van der Waals surface area (Å²) in [5.41, 5.74) is 2.19. The number of aryl methyl sites for hydroxylation is 1. The number of aromatic nitrogens is 7. The minimum atomic E-state index is 0.731. The van der Waals surface area contributed by atoms with Crippen LogP contribution < -0.4 is 9.64 Å². The Morgan fingerprint density at radius 2 is 1.84 bits per heavy atom. The van der Waals surface area contributed by atoms with Crippen LogP contribution in [0.1, 0.15) is 6.42 Å². The number of methoxy groups -OCH3 is 1. The van der Waals surface area contributed by atoms with E-state index in [0.29, 0.717) is 0 Å². The van der Waals surface area contributed by atoms with Crippen molar-refractivity contribution in [1.82, 2.24) is 39.4 Å². The molecular formula is C21H25N9O. The van der Waals surface area contributed by atoms with Crippen LogP contribution in [-0.2, 0) is 6.54 Å². The number of benzene rings is 1. The first-order valence-corrected chi connectivity index (χ1v) is 10.4. The lowest BCUT2D eigenvalue weighted by Gasteiger charge is -2.35. The maximum Gasteiger partial charge on any atom is 0.179 e. The highest BCUT2D eigenvalue weighted by atomic mass is 16.5. The molecule has 0 saturated carbocycles. The zero-order chi connectivity index (χ0) is 21.0. The van der Waals surface area contributed by atoms with Crippen molar-refractivity contribution >= 4 is 16.7 Å². The standard InChI is InChI=1S/C21H25N9O/c1-31-20-13-22-14-23-21(20)28-9-7-27(8-10-28)5-2-6-30-19-4-3-18(11-17(19)12-26-30)29-15-24-25-16-29/h3-4,11-16H,2,5-10H2,1H3. The number of ether oxygens (including phenoxy) is 1. The average Bonchev–Trinajstić information content (AvgIpc) is 3.50. The minimum Gasteiger partial charge on any atom is -0.491 e. The molecule has 5 rings (SSSR count). The van der Waals surface area contributed by atoms with E-state index in [-0.39, 0.29) is 0 Å². The third-order valence-corrected chi connectivity index (χ3v) is 5.74. The van der Waals surface area contributed by atoms with Crippen LogP contribution in [0.3, 0.4) is 0 Å². The highest BCUT2D eigenvalue weighted by Crippen LogP contribution is 2.24. The molecule has 0 bridgehead atoms. The monoisotopic (exact) mass is 419 g/mol. The van der Waals surface area contributed by atoms with Gasteiger partial charge in [-0.05, 0) is 24.6 Å². The van der Waals surface area contributed by atoms with Gasteiger partial charge in [-0.3, -0.25) is 14.1 Å². The lowest BCUT2D eigenvalue weighted by molar-refractivity contribution is 0.248. The fraction of sp³-hybridized carbons (Fsp3) is 0.381. The van der Waals surface area contributed by atoms with Gasteiger partial charge in [-0.1, -0.05) is 0 Å². The van der Waals surface area contributed by atoms with Gasteiger partial charge in [0.2, 0.25) is 0 Å². The number of anilines is 1. The van der Waals surface area contributed by atoms with Crippen LogP contribution in [0, 0.1) is 0 Å². The molecular weight excluding hydrogens is 394 g/mol. The van der Waals surface area contributed by atoms with Crippen LogP contribution in [0.4, 0.5) is 5.82 Å². The first kappa shape index (κ1) is 19.4. The summed E-state index contributed by atoms with van der Waals surface area (Å²) in [6, 6.07) is 6.30. The van der Waals surface area contributed by atoms with Crippen LogP contribution in [0.5, 0.6) is 5.75 Å². The summed E-state index contributed by atoms with van der Waals surface area (Å²) >= 11 is 0. The topological polar surface area (TPSA) is 90.0 Å². The van der Waals surface area contributed by atoms with Crippen LogP contribution in [0.15, 0.2) is 49.6 Å². The Labute approximate surface area is 180 Å². The summed E-state index contributed by atoms with van der Waals surface area (Å²) < 4.78 is 9.38. The lowest BCUT2D eigenvalue weighted by atomic mass is 10.2. The Balaban J connectivity index is 1.15. The summed E-state index contributed by atoms with van der Waals surface area (Å²) in [7, 11) is 1.66. The molecule has 1 aromatic carbocycles. The molecule has 1 aliphatic rings. The predicted molar refractivity (Wildman–Crippen MR) is 117 cm³/mol. The fourth-order valence-corrected chi connectivity index (χ4v) is 4.07. The molecule has 0 unspecified atom stereocenters. The summed E-state index contributed by atoms with van der Waals surface area (Å²) in [4.78, 5) is 13.2. The van der Waals surface area contributed by atoms with Crippen LogP contribution >= 0.6 is 0 Å². The second-order valence-electron chi connectivity index (χ2n) is 7.58. The molecule has 1 aliphatic heterocycles. The highest BCUT2D eigenvalue weighted by molar-refractivity contribution is 5.80. The molecule has 3 aromatic heterocycles. The Kier molecular flexibility index (Phi) is 5.44. The van der Waals surface area contributed by atoms with E-state index in [1.807, 2.05) is 10.8 Å². The summed E-state index contributed by atoms with van der Waals surface area (Å²) in [6.45, 7) is 5.84. The van der Waals surface area contributed by atoms with Gasteiger partial charge in [-0.2, -0.15) is 5.10 Å². The Morgan fingerprint density at radius 1 is 1.00 bits per heavy atom. The molecule has 10 nitrogen and oxygen atoms in total. The van der Waals surface area contributed by atoms with E-state index < -0.39 is 0 Å². The van der Waals surface area contributed by atoms with Crippen molar-refractivity contribution in [3.8, 4) is 11.4 Å². The van der Waals surface area contributed by atoms with Crippen molar-refractivity contribution in [2.24, 2.45) is 0 Å². The number of nitrogens with zero attached hydrogens (tertiary/aromatic N) is 9. The largest absolute Gasteiger partial charge is 0.491 e. The molecule has 10 heteroatoms. The second-order valence-corrected chi connectivity index (χ2v) is 7.58. The van der Waals surface area contributed by atoms with Gasteiger partial charge in [-0.15, -0.1) is 10.2 Å². The fourth-order valence-electron chi connectivity index (χ4n) is 4.07. The van der Waals surface area contributed by atoms with E-state index in [9.17, 15) is 0 Å². The van der Waals surface area contributed by atoms with Crippen LogP contribution in [0.2, 0.25) is 0 Å². The van der Waals surface area contributed by atoms with E-state index in [1.165, 1.54) is 0 Å². The van der Waals surface area contributed by atoms with Gasteiger partial charge >= 0.3 is 0 Å². The van der Waals surface area contributed by atoms with Crippen molar-refractivity contribution in [1.29, 1.82) is 0 Å². The third kappa shape index (κ3) is 4.06. The smallest absolute Gasteiger partial charge is 0.179 e. The molecule has 4 heterocycles. The predicted octanol–water partition coefficient (Wildman–Crippen LogP) is 1.63. The first-order chi connectivity index (χ1) is 15.3. The van der Waals surface area contributed by atoms with Crippen molar-refractivity contribution in [3.63, 3.8) is 0 Å². The van der Waals surface area contributed by atoms with Crippen LogP contribution in [0.25, 0.3) is 16.6 Å². The molecule has 0 N–H and O–H groups in total. The molecule has 0 radical (unpaired) electrons. The molecule has 0 atom stereocenters. The van der Waals surface area contributed by atoms with E-state index in [2.05, 4.69) is 57.9 Å². The minimum absolute atomic E-state index is 0.731. The summed E-state index contributed by atoms with van der Waals surface area (Å²) in [5, 5.41) is 13.5. The van der Waals surface area contributed by atoms with Crippen molar-refractivity contribution in [2.75, 3.05) is 44.7 Å². The Hall–Kier alpha value is -3.53. The van der Waals surface area contributed by atoms with Gasteiger partial charge in [0.05, 0.1) is 25.0 Å². The SMILES string of the molecule is COc1cncnc1N1CCN(CCCn2ncc3cc(-n4cnnc4)ccc32)CC1. The third-order valence-electron chi connectivity index (χ3n) is 5.74. The quantitative estimate of drug-likeness (QED) is 0.447. The van der Waals surface area contributed by atoms with E-state index >= 15 is 0 Å². The van der Waals surface area contributed by atoms with Gasteiger partial charge in [-0.25, -0.2) is 9.97 Å². The molecule has 0 spiro atoms. The average molecular weight is 419 g/mol. The van der Waals surface area contributed by atoms with Gasteiger partial charge < -0.3 is 9.64 Å². The zero-order valence-electron chi connectivity index (χ0n) is 17.5. The van der Waals surface area contributed by atoms with Crippen molar-refractivity contribution in [2.45, 2.75) is 13.0 Å². The Bertz CT molecular complexity index is 1130. The van der Waals surface area contributed by atoms with Crippen LogP contribution in [-0.4, -0.2) is 79.2 Å². The van der Waals surface area contributed by atoms with Gasteiger partial charge in [0.25, 0.3) is 0 Å². The summed E-state index contributed by atoms with van der Waals surface area (Å²) in [5.74, 6) is 1.61. The maximum absolute atomic E-state index is 5.40. The number of rotatable bonds is 7. The first-order valence-electron chi connectivity index (χ1n) is 10.4. The second kappa shape index (κ2) is 8.68. The molecule has 0 aliphatic carbocycles. The van der Waals surface area contributed by atoms with Crippen molar-refractivity contribution < 1.29 is 4.74 Å². The number of hydrogen-bond donors (Lipinski definition) is 0. The zero-order valence-corrected chi connectivity index (χ0v) is 17.5. The highest BCUT2D eigenvalue weighted by Gasteiger charge is 2.20. The molecule has 1 fully saturated rings. The van der Waals surface area contributed by atoms with E-state index in [0.717, 1.165) is 73.8 Å². The van der Waals surface area contributed by atoms with Crippen molar-refractivity contribution in [3.05, 3.63) is 49.6 Å². The maximum atomic E-state index is 5.40. The molecule has 1 saturated heterocycles. The number of fused-ring (bicyclic) bond motifs is 1. The Morgan fingerprint density at radius 3 is 2.65 bits per heavy atom. The summed E-state index contributed by atoms with van der Waals surface area (Å²) in [6.07, 6.45) is 9.68. The normalized spacial score (nSPS) is 14.9. The number of hydrogen-bond acceptors (Lipinski definition) is 8. The van der Waals surface area contributed by atoms with Gasteiger partial charge in [0.1, 0.15) is 19.0 Å². The molecule has 160 valence electrons. The van der Waals surface area contributed by atoms with Gasteiger partial charge in [0, 0.05) is 50.3 Å². The molecule has 4 aromatic rings. The van der Waals surface area contributed by atoms with E-state index in [1.54, 1.807) is 32.3 Å².